The number of furan rings is 1. The van der Waals surface area contributed by atoms with Crippen LogP contribution < -0.4 is 15.0 Å². The van der Waals surface area contributed by atoms with Gasteiger partial charge < -0.3 is 13.9 Å². The van der Waals surface area contributed by atoms with Gasteiger partial charge in [-0.1, -0.05) is 54.5 Å². The van der Waals surface area contributed by atoms with Gasteiger partial charge in [0, 0.05) is 5.56 Å². The summed E-state index contributed by atoms with van der Waals surface area (Å²) >= 11 is 0. The van der Waals surface area contributed by atoms with Crippen LogP contribution in [0.5, 0.6) is 11.5 Å². The summed E-state index contributed by atoms with van der Waals surface area (Å²) in [6.45, 7) is 0.0999. The van der Waals surface area contributed by atoms with E-state index in [2.05, 4.69) is 11.0 Å². The highest BCUT2D eigenvalue weighted by Gasteiger charge is 2.18. The minimum atomic E-state index is -0.333. The molecule has 4 aromatic carbocycles. The topological polar surface area (TPSA) is 78.8 Å². The fourth-order valence-corrected chi connectivity index (χ4v) is 4.48. The van der Waals surface area contributed by atoms with Gasteiger partial charge in [0.2, 0.25) is 5.82 Å². The number of aromatic nitrogens is 2. The molecule has 6 aromatic rings. The van der Waals surface area contributed by atoms with Crippen molar-refractivity contribution in [3.8, 4) is 35.4 Å². The monoisotopic (exact) mass is 499 g/mol. The molecule has 184 valence electrons. The van der Waals surface area contributed by atoms with Crippen LogP contribution in [0.4, 0.5) is 0 Å². The number of nitrogens with zero attached hydrogens (tertiary/aromatic N) is 3. The Balaban J connectivity index is 1.59. The van der Waals surface area contributed by atoms with E-state index in [9.17, 15) is 4.79 Å². The van der Waals surface area contributed by atoms with Crippen molar-refractivity contribution < 1.29 is 13.9 Å². The van der Waals surface area contributed by atoms with Gasteiger partial charge in [-0.2, -0.15) is 9.78 Å². The Kier molecular flexibility index (Phi) is 5.83. The number of fused-ring (bicyclic) bond motifs is 3. The van der Waals surface area contributed by atoms with Crippen molar-refractivity contribution in [2.75, 3.05) is 13.7 Å². The van der Waals surface area contributed by atoms with E-state index in [1.54, 1.807) is 37.6 Å². The highest BCUT2D eigenvalue weighted by molar-refractivity contribution is 6.02. The van der Waals surface area contributed by atoms with Crippen LogP contribution in [0.3, 0.4) is 0 Å². The maximum atomic E-state index is 13.7. The molecule has 0 aliphatic heterocycles. The molecule has 0 amide bonds. The Hall–Kier alpha value is -5.35. The molecular formula is C31H21N3O4. The van der Waals surface area contributed by atoms with Crippen LogP contribution in [0.25, 0.3) is 44.2 Å². The molecule has 38 heavy (non-hydrogen) atoms. The van der Waals surface area contributed by atoms with Crippen molar-refractivity contribution in [3.63, 3.8) is 0 Å². The molecule has 0 saturated carbocycles. The summed E-state index contributed by atoms with van der Waals surface area (Å²) in [6.07, 6.45) is 7.03. The van der Waals surface area contributed by atoms with Crippen molar-refractivity contribution >= 4 is 38.9 Å². The average molecular weight is 500 g/mol. The van der Waals surface area contributed by atoms with Gasteiger partial charge in [-0.25, -0.2) is 4.98 Å². The highest BCUT2D eigenvalue weighted by Crippen LogP contribution is 2.33. The fourth-order valence-electron chi connectivity index (χ4n) is 4.48. The molecule has 7 heteroatoms. The van der Waals surface area contributed by atoms with Crippen LogP contribution in [-0.4, -0.2) is 29.6 Å². The van der Waals surface area contributed by atoms with Crippen molar-refractivity contribution in [1.29, 1.82) is 0 Å². The zero-order valence-corrected chi connectivity index (χ0v) is 20.4. The molecule has 0 unspecified atom stereocenters. The predicted molar refractivity (Wildman–Crippen MR) is 149 cm³/mol. The number of hydrogen-bond acceptors (Lipinski definition) is 6. The largest absolute Gasteiger partial charge is 0.496 e. The SMILES string of the molecule is C#CCOc1ccc2ccccc2c1C=Nn1c(-c2cc3c(OC)cccc3o2)nc2ccccc2c1=O. The Morgan fingerprint density at radius 2 is 1.79 bits per heavy atom. The maximum absolute atomic E-state index is 13.7. The fraction of sp³-hybridized carbons (Fsp3) is 0.0645. The minimum absolute atomic E-state index is 0.0999. The smallest absolute Gasteiger partial charge is 0.282 e. The van der Waals surface area contributed by atoms with E-state index in [0.717, 1.165) is 16.2 Å². The summed E-state index contributed by atoms with van der Waals surface area (Å²) in [5.41, 5.74) is 1.50. The zero-order chi connectivity index (χ0) is 26.1. The first-order valence-electron chi connectivity index (χ1n) is 11.9. The molecule has 2 aromatic heterocycles. The van der Waals surface area contributed by atoms with E-state index in [1.165, 1.54) is 4.68 Å². The molecule has 7 nitrogen and oxygen atoms in total. The molecule has 0 fully saturated rings. The van der Waals surface area contributed by atoms with Gasteiger partial charge in [0.15, 0.2) is 5.76 Å². The summed E-state index contributed by atoms with van der Waals surface area (Å²) in [7, 11) is 1.60. The molecule has 0 bridgehead atoms. The summed E-state index contributed by atoms with van der Waals surface area (Å²) in [4.78, 5) is 18.4. The second-order valence-electron chi connectivity index (χ2n) is 8.49. The van der Waals surface area contributed by atoms with Crippen LogP contribution in [-0.2, 0) is 0 Å². The third kappa shape index (κ3) is 3.94. The lowest BCUT2D eigenvalue weighted by Gasteiger charge is -2.11. The second kappa shape index (κ2) is 9.60. The Labute approximate surface area is 217 Å². The normalized spacial score (nSPS) is 11.4. The lowest BCUT2D eigenvalue weighted by atomic mass is 10.0. The molecule has 0 aliphatic carbocycles. The van der Waals surface area contributed by atoms with Gasteiger partial charge in [0.05, 0.1) is 29.6 Å². The average Bonchev–Trinajstić information content (AvgIpc) is 3.40. The number of benzene rings is 4. The van der Waals surface area contributed by atoms with Crippen LogP contribution in [0.15, 0.2) is 99.2 Å². The van der Waals surface area contributed by atoms with E-state index in [4.69, 9.17) is 25.3 Å². The number of para-hydroxylation sites is 1. The van der Waals surface area contributed by atoms with Gasteiger partial charge in [-0.05, 0) is 47.2 Å². The molecular weight excluding hydrogens is 478 g/mol. The Morgan fingerprint density at radius 3 is 2.63 bits per heavy atom. The van der Waals surface area contributed by atoms with E-state index >= 15 is 0 Å². The van der Waals surface area contributed by atoms with E-state index in [1.807, 2.05) is 60.7 Å². The Bertz CT molecular complexity index is 1960. The molecule has 2 heterocycles. The molecule has 0 atom stereocenters. The summed E-state index contributed by atoms with van der Waals surface area (Å²) in [6, 6.07) is 26.1. The first-order chi connectivity index (χ1) is 18.7. The lowest BCUT2D eigenvalue weighted by Crippen LogP contribution is -2.20. The maximum Gasteiger partial charge on any atom is 0.282 e. The highest BCUT2D eigenvalue weighted by atomic mass is 16.5. The lowest BCUT2D eigenvalue weighted by molar-refractivity contribution is 0.370. The Morgan fingerprint density at radius 1 is 0.974 bits per heavy atom. The number of methoxy groups -OCH3 is 1. The van der Waals surface area contributed by atoms with Crippen molar-refractivity contribution in [1.82, 2.24) is 9.66 Å². The van der Waals surface area contributed by atoms with Crippen molar-refractivity contribution in [2.45, 2.75) is 0 Å². The van der Waals surface area contributed by atoms with Crippen LogP contribution >= 0.6 is 0 Å². The molecule has 6 rings (SSSR count). The number of rotatable bonds is 6. The van der Waals surface area contributed by atoms with E-state index < -0.39 is 0 Å². The van der Waals surface area contributed by atoms with Gasteiger partial charge in [-0.15, -0.1) is 6.42 Å². The first-order valence-corrected chi connectivity index (χ1v) is 11.9. The minimum Gasteiger partial charge on any atom is -0.496 e. The van der Waals surface area contributed by atoms with E-state index in [-0.39, 0.29) is 18.0 Å². The molecule has 0 N–H and O–H groups in total. The number of hydrogen-bond donors (Lipinski definition) is 0. The third-order valence-corrected chi connectivity index (χ3v) is 6.26. The third-order valence-electron chi connectivity index (χ3n) is 6.26. The summed E-state index contributed by atoms with van der Waals surface area (Å²) in [5, 5.41) is 7.73. The molecule has 0 aliphatic rings. The van der Waals surface area contributed by atoms with Gasteiger partial charge in [-0.3, -0.25) is 4.79 Å². The zero-order valence-electron chi connectivity index (χ0n) is 20.4. The second-order valence-corrected chi connectivity index (χ2v) is 8.49. The van der Waals surface area contributed by atoms with Gasteiger partial charge in [0.1, 0.15) is 23.7 Å². The first kappa shape index (κ1) is 23.1. The van der Waals surface area contributed by atoms with Gasteiger partial charge in [0.25, 0.3) is 5.56 Å². The number of terminal acetylenes is 1. The summed E-state index contributed by atoms with van der Waals surface area (Å²) in [5.74, 6) is 4.34. The number of ether oxygens (including phenoxy) is 2. The van der Waals surface area contributed by atoms with Crippen molar-refractivity contribution in [3.05, 3.63) is 101 Å². The van der Waals surface area contributed by atoms with E-state index in [0.29, 0.717) is 39.3 Å². The standard InChI is InChI=1S/C31H21N3O4/c1-3-17-37-27-16-15-20-9-4-5-10-21(20)24(27)19-32-34-30(33-25-12-7-6-11-22(25)31(34)35)29-18-23-26(36-2)13-8-14-28(23)38-29/h1,4-16,18-19H,17H2,2H3. The molecule has 0 saturated heterocycles. The van der Waals surface area contributed by atoms with Crippen LogP contribution in [0.1, 0.15) is 5.56 Å². The van der Waals surface area contributed by atoms with Crippen molar-refractivity contribution in [2.24, 2.45) is 5.10 Å². The quantitative estimate of drug-likeness (QED) is 0.212. The molecule has 0 spiro atoms. The molecule has 0 radical (unpaired) electrons. The van der Waals surface area contributed by atoms with Crippen LogP contribution in [0.2, 0.25) is 0 Å². The summed E-state index contributed by atoms with van der Waals surface area (Å²) < 4.78 is 18.7. The van der Waals surface area contributed by atoms with Crippen LogP contribution in [0, 0.1) is 12.3 Å². The predicted octanol–water partition coefficient (Wildman–Crippen LogP) is 5.87. The van der Waals surface area contributed by atoms with Gasteiger partial charge >= 0.3 is 0 Å².